The first-order valence-electron chi connectivity index (χ1n) is 7.87. The van der Waals surface area contributed by atoms with Crippen LogP contribution in [0.5, 0.6) is 0 Å². The summed E-state index contributed by atoms with van der Waals surface area (Å²) in [5.41, 5.74) is 1.56. The van der Waals surface area contributed by atoms with E-state index in [1.54, 1.807) is 0 Å². The quantitative estimate of drug-likeness (QED) is 0.827. The van der Waals surface area contributed by atoms with Gasteiger partial charge in [0.2, 0.25) is 0 Å². The monoisotopic (exact) mass is 276 g/mol. The van der Waals surface area contributed by atoms with E-state index in [1.807, 2.05) is 6.92 Å². The Morgan fingerprint density at radius 2 is 1.65 bits per heavy atom. The molecule has 0 unspecified atom stereocenters. The van der Waals surface area contributed by atoms with Crippen molar-refractivity contribution in [3.05, 3.63) is 11.4 Å². The Morgan fingerprint density at radius 3 is 2.25 bits per heavy atom. The van der Waals surface area contributed by atoms with Crippen molar-refractivity contribution in [1.82, 2.24) is 9.97 Å². The predicted molar refractivity (Wildman–Crippen MR) is 85.4 cm³/mol. The Kier molecular flexibility index (Phi) is 4.84. The molecule has 1 aromatic heterocycles. The van der Waals surface area contributed by atoms with Gasteiger partial charge in [-0.2, -0.15) is 0 Å². The Morgan fingerprint density at radius 1 is 1.05 bits per heavy atom. The lowest BCUT2D eigenvalue weighted by Gasteiger charge is -2.25. The minimum absolute atomic E-state index is 0.433. The molecule has 0 aromatic carbocycles. The Bertz CT molecular complexity index is 450. The first-order chi connectivity index (χ1) is 9.54. The lowest BCUT2D eigenvalue weighted by atomic mass is 9.89. The van der Waals surface area contributed by atoms with Gasteiger partial charge in [0, 0.05) is 18.7 Å². The first-order valence-corrected chi connectivity index (χ1v) is 7.87. The second kappa shape index (κ2) is 6.42. The molecule has 2 N–H and O–H groups in total. The van der Waals surface area contributed by atoms with Gasteiger partial charge in [0.05, 0.1) is 0 Å². The summed E-state index contributed by atoms with van der Waals surface area (Å²) in [4.78, 5) is 9.08. The number of rotatable bonds is 6. The van der Waals surface area contributed by atoms with Crippen LogP contribution in [0.15, 0.2) is 0 Å². The molecule has 20 heavy (non-hydrogen) atoms. The third-order valence-corrected chi connectivity index (χ3v) is 4.29. The largest absolute Gasteiger partial charge is 0.370 e. The van der Waals surface area contributed by atoms with Crippen LogP contribution in [0.4, 0.5) is 11.6 Å². The molecule has 0 atom stereocenters. The molecule has 0 saturated heterocycles. The molecular formula is C16H28N4. The minimum Gasteiger partial charge on any atom is -0.370 e. The van der Waals surface area contributed by atoms with Crippen molar-refractivity contribution in [1.29, 1.82) is 0 Å². The Balaban J connectivity index is 2.08. The average molecular weight is 276 g/mol. The van der Waals surface area contributed by atoms with Crippen LogP contribution in [0, 0.1) is 19.3 Å². The lowest BCUT2D eigenvalue weighted by Crippen LogP contribution is -2.24. The standard InChI is InChI=1S/C16H28N4/c1-5-10-17-14-12(2)15(20-13(3)19-14)18-11-16(4)8-6-7-9-16/h5-11H2,1-4H3,(H2,17,18,19,20). The van der Waals surface area contributed by atoms with Crippen LogP contribution >= 0.6 is 0 Å². The molecule has 2 rings (SSSR count). The van der Waals surface area contributed by atoms with Gasteiger partial charge in [-0.05, 0) is 38.5 Å². The minimum atomic E-state index is 0.433. The fraction of sp³-hybridized carbons (Fsp3) is 0.750. The molecular weight excluding hydrogens is 248 g/mol. The maximum Gasteiger partial charge on any atom is 0.134 e. The molecule has 0 radical (unpaired) electrons. The van der Waals surface area contributed by atoms with Crippen LogP contribution in [0.1, 0.15) is 57.3 Å². The summed E-state index contributed by atoms with van der Waals surface area (Å²) in [6.07, 6.45) is 6.48. The average Bonchev–Trinajstić information content (AvgIpc) is 2.85. The van der Waals surface area contributed by atoms with E-state index in [9.17, 15) is 0 Å². The normalized spacial score (nSPS) is 17.2. The topological polar surface area (TPSA) is 49.8 Å². The highest BCUT2D eigenvalue weighted by Gasteiger charge is 2.28. The van der Waals surface area contributed by atoms with Crippen LogP contribution in [0.3, 0.4) is 0 Å². The van der Waals surface area contributed by atoms with Gasteiger partial charge in [-0.15, -0.1) is 0 Å². The molecule has 1 fully saturated rings. The zero-order chi connectivity index (χ0) is 14.6. The van der Waals surface area contributed by atoms with Crippen molar-refractivity contribution in [2.45, 2.75) is 59.8 Å². The molecule has 1 aliphatic carbocycles. The van der Waals surface area contributed by atoms with E-state index in [0.717, 1.165) is 42.5 Å². The SMILES string of the molecule is CCCNc1nc(C)nc(NCC2(C)CCCC2)c1C. The third kappa shape index (κ3) is 3.62. The Labute approximate surface area is 122 Å². The van der Waals surface area contributed by atoms with E-state index in [2.05, 4.69) is 41.4 Å². The number of anilines is 2. The summed E-state index contributed by atoms with van der Waals surface area (Å²) in [6.45, 7) is 10.6. The molecule has 1 saturated carbocycles. The maximum absolute atomic E-state index is 4.57. The van der Waals surface area contributed by atoms with Crippen molar-refractivity contribution in [2.75, 3.05) is 23.7 Å². The van der Waals surface area contributed by atoms with Gasteiger partial charge < -0.3 is 10.6 Å². The highest BCUT2D eigenvalue weighted by Crippen LogP contribution is 2.37. The predicted octanol–water partition coefficient (Wildman–Crippen LogP) is 3.91. The van der Waals surface area contributed by atoms with Gasteiger partial charge in [0.25, 0.3) is 0 Å². The van der Waals surface area contributed by atoms with Gasteiger partial charge >= 0.3 is 0 Å². The number of hydrogen-bond acceptors (Lipinski definition) is 4. The summed E-state index contributed by atoms with van der Waals surface area (Å²) in [5.74, 6) is 2.79. The molecule has 0 bridgehead atoms. The van der Waals surface area contributed by atoms with E-state index >= 15 is 0 Å². The molecule has 4 nitrogen and oxygen atoms in total. The molecule has 0 spiro atoms. The van der Waals surface area contributed by atoms with Crippen molar-refractivity contribution >= 4 is 11.6 Å². The molecule has 1 heterocycles. The summed E-state index contributed by atoms with van der Waals surface area (Å²) < 4.78 is 0. The van der Waals surface area contributed by atoms with E-state index in [0.29, 0.717) is 5.41 Å². The van der Waals surface area contributed by atoms with Gasteiger partial charge in [0.15, 0.2) is 0 Å². The molecule has 112 valence electrons. The van der Waals surface area contributed by atoms with Crippen molar-refractivity contribution in [2.24, 2.45) is 5.41 Å². The van der Waals surface area contributed by atoms with Gasteiger partial charge in [-0.1, -0.05) is 26.7 Å². The lowest BCUT2D eigenvalue weighted by molar-refractivity contribution is 0.361. The summed E-state index contributed by atoms with van der Waals surface area (Å²) in [5, 5.41) is 6.95. The number of nitrogens with zero attached hydrogens (tertiary/aromatic N) is 2. The third-order valence-electron chi connectivity index (χ3n) is 4.29. The molecule has 1 aliphatic rings. The van der Waals surface area contributed by atoms with Crippen LogP contribution in [-0.4, -0.2) is 23.1 Å². The van der Waals surface area contributed by atoms with Crippen molar-refractivity contribution < 1.29 is 0 Å². The molecule has 0 aliphatic heterocycles. The van der Waals surface area contributed by atoms with Crippen LogP contribution in [-0.2, 0) is 0 Å². The first kappa shape index (κ1) is 15.1. The fourth-order valence-corrected chi connectivity index (χ4v) is 2.92. The number of hydrogen-bond donors (Lipinski definition) is 2. The van der Waals surface area contributed by atoms with E-state index in [-0.39, 0.29) is 0 Å². The number of nitrogens with one attached hydrogen (secondary N) is 2. The Hall–Kier alpha value is -1.32. The fourth-order valence-electron chi connectivity index (χ4n) is 2.92. The summed E-state index contributed by atoms with van der Waals surface area (Å²) >= 11 is 0. The smallest absolute Gasteiger partial charge is 0.134 e. The highest BCUT2D eigenvalue weighted by atomic mass is 15.1. The second-order valence-electron chi connectivity index (χ2n) is 6.39. The van der Waals surface area contributed by atoms with E-state index < -0.39 is 0 Å². The van der Waals surface area contributed by atoms with Crippen molar-refractivity contribution in [3.63, 3.8) is 0 Å². The van der Waals surface area contributed by atoms with E-state index in [1.165, 1.54) is 25.7 Å². The van der Waals surface area contributed by atoms with Crippen LogP contribution in [0.2, 0.25) is 0 Å². The van der Waals surface area contributed by atoms with Gasteiger partial charge in [-0.25, -0.2) is 9.97 Å². The highest BCUT2D eigenvalue weighted by molar-refractivity contribution is 5.57. The molecule has 0 amide bonds. The van der Waals surface area contributed by atoms with Crippen molar-refractivity contribution in [3.8, 4) is 0 Å². The molecule has 4 heteroatoms. The molecule has 1 aromatic rings. The van der Waals surface area contributed by atoms with Crippen LogP contribution < -0.4 is 10.6 Å². The van der Waals surface area contributed by atoms with Gasteiger partial charge in [-0.3, -0.25) is 0 Å². The zero-order valence-corrected chi connectivity index (χ0v) is 13.3. The summed E-state index contributed by atoms with van der Waals surface area (Å²) in [7, 11) is 0. The van der Waals surface area contributed by atoms with E-state index in [4.69, 9.17) is 0 Å². The van der Waals surface area contributed by atoms with Gasteiger partial charge in [0.1, 0.15) is 17.5 Å². The maximum atomic E-state index is 4.57. The van der Waals surface area contributed by atoms with Crippen LogP contribution in [0.25, 0.3) is 0 Å². The number of aromatic nitrogens is 2. The number of aryl methyl sites for hydroxylation is 1. The second-order valence-corrected chi connectivity index (χ2v) is 6.39. The zero-order valence-electron chi connectivity index (χ0n) is 13.3. The summed E-state index contributed by atoms with van der Waals surface area (Å²) in [6, 6.07) is 0.